The molecule has 0 bridgehead atoms. The third kappa shape index (κ3) is 4.94. The molecule has 0 saturated carbocycles. The summed E-state index contributed by atoms with van der Waals surface area (Å²) in [5.74, 6) is -0.736. The molecule has 0 fully saturated rings. The predicted octanol–water partition coefficient (Wildman–Crippen LogP) is 1.75. The average molecular weight is 471 g/mol. The number of rotatable bonds is 8. The second-order valence-electron chi connectivity index (χ2n) is 7.79. The third-order valence-corrected chi connectivity index (χ3v) is 6.89. The van der Waals surface area contributed by atoms with Crippen LogP contribution in [0.1, 0.15) is 39.6 Å². The number of carbonyl (C=O) groups is 2. The van der Waals surface area contributed by atoms with Crippen LogP contribution in [-0.2, 0) is 21.2 Å². The van der Waals surface area contributed by atoms with Gasteiger partial charge in [-0.1, -0.05) is 35.0 Å². The normalized spacial score (nSPS) is 16.5. The molecule has 2 N–H and O–H groups in total. The molecule has 11 heteroatoms. The fourth-order valence-corrected chi connectivity index (χ4v) is 4.85. The summed E-state index contributed by atoms with van der Waals surface area (Å²) in [7, 11) is -4.03. The minimum Gasteiger partial charge on any atom is -0.493 e. The predicted molar refractivity (Wildman–Crippen MR) is 117 cm³/mol. The van der Waals surface area contributed by atoms with Crippen molar-refractivity contribution >= 4 is 22.3 Å². The lowest BCUT2D eigenvalue weighted by Gasteiger charge is -2.25. The van der Waals surface area contributed by atoms with Crippen LogP contribution in [-0.4, -0.2) is 53.4 Å². The first-order valence-electron chi connectivity index (χ1n) is 10.2. The van der Waals surface area contributed by atoms with Crippen molar-refractivity contribution in [1.82, 2.24) is 19.7 Å². The molecule has 10 nitrogen and oxygen atoms in total. The lowest BCUT2D eigenvalue weighted by molar-refractivity contribution is -0.138. The number of benzene rings is 2. The monoisotopic (exact) mass is 470 g/mol. The van der Waals surface area contributed by atoms with Gasteiger partial charge in [-0.05, 0) is 25.1 Å². The average Bonchev–Trinajstić information content (AvgIpc) is 3.26. The molecule has 2 unspecified atom stereocenters. The van der Waals surface area contributed by atoms with Gasteiger partial charge in [0.15, 0.2) is 0 Å². The summed E-state index contributed by atoms with van der Waals surface area (Å²) < 4.78 is 34.8. The Morgan fingerprint density at radius 2 is 2.06 bits per heavy atom. The largest absolute Gasteiger partial charge is 0.493 e. The Morgan fingerprint density at radius 3 is 2.76 bits per heavy atom. The highest BCUT2D eigenvalue weighted by molar-refractivity contribution is 7.89. The van der Waals surface area contributed by atoms with Gasteiger partial charge in [-0.25, -0.2) is 13.1 Å². The van der Waals surface area contributed by atoms with E-state index in [0.29, 0.717) is 30.0 Å². The molecule has 0 saturated heterocycles. The number of carbonyl (C=O) groups excluding carboxylic acids is 1. The summed E-state index contributed by atoms with van der Waals surface area (Å²) in [5, 5.41) is 17.8. The topological polar surface area (TPSA) is 140 Å². The van der Waals surface area contributed by atoms with Crippen molar-refractivity contribution in [1.29, 1.82) is 0 Å². The van der Waals surface area contributed by atoms with Gasteiger partial charge >= 0.3 is 5.97 Å². The summed E-state index contributed by atoms with van der Waals surface area (Å²) in [5.41, 5.74) is 2.54. The number of aldehydes is 1. The van der Waals surface area contributed by atoms with Crippen molar-refractivity contribution in [3.63, 3.8) is 0 Å². The van der Waals surface area contributed by atoms with Gasteiger partial charge in [0, 0.05) is 30.2 Å². The maximum Gasteiger partial charge on any atom is 0.322 e. The summed E-state index contributed by atoms with van der Waals surface area (Å²) in [6.07, 6.45) is 2.77. The molecule has 4 rings (SSSR count). The SMILES string of the molecule is Cc1ccc(S(=O)(=O)NC(Cc2cn(C3CCOc4cc(C=O)ccc43)nn2)C(=O)O)cc1. The number of carboxylic acid groups (broad SMARTS) is 1. The Hall–Kier alpha value is -3.57. The number of nitrogens with one attached hydrogen (secondary N) is 1. The minimum absolute atomic E-state index is 0.0171. The lowest BCUT2D eigenvalue weighted by atomic mass is 9.99. The number of hydrogen-bond acceptors (Lipinski definition) is 7. The van der Waals surface area contributed by atoms with E-state index >= 15 is 0 Å². The molecule has 3 aromatic rings. The summed E-state index contributed by atoms with van der Waals surface area (Å²) >= 11 is 0. The molecule has 0 spiro atoms. The van der Waals surface area contributed by atoms with Gasteiger partial charge in [-0.2, -0.15) is 4.72 Å². The van der Waals surface area contributed by atoms with Crippen molar-refractivity contribution in [3.8, 4) is 5.75 Å². The molecular formula is C22H22N4O6S. The number of nitrogens with zero attached hydrogens (tertiary/aromatic N) is 3. The zero-order valence-corrected chi connectivity index (χ0v) is 18.5. The van der Waals surface area contributed by atoms with Crippen molar-refractivity contribution < 1.29 is 27.9 Å². The van der Waals surface area contributed by atoms with Crippen LogP contribution in [0.5, 0.6) is 5.75 Å². The molecule has 0 amide bonds. The van der Waals surface area contributed by atoms with E-state index in [1.54, 1.807) is 41.2 Å². The minimum atomic E-state index is -4.03. The van der Waals surface area contributed by atoms with Gasteiger partial charge < -0.3 is 9.84 Å². The van der Waals surface area contributed by atoms with Gasteiger partial charge in [0.1, 0.15) is 18.1 Å². The molecule has 2 aromatic carbocycles. The number of ether oxygens (including phenoxy) is 1. The second-order valence-corrected chi connectivity index (χ2v) is 9.50. The van der Waals surface area contributed by atoms with Crippen molar-refractivity contribution in [2.45, 2.75) is 36.7 Å². The Kier molecular flexibility index (Phi) is 6.25. The standard InChI is InChI=1S/C22H22N4O6S/c1-14-2-5-17(6-3-14)33(30,31)24-19(22(28)29)11-16-12-26(25-23-16)20-8-9-32-21-10-15(13-27)4-7-18(20)21/h2-7,10,12-13,19-20,24H,8-9,11H2,1H3,(H,28,29). The van der Waals surface area contributed by atoms with Gasteiger partial charge in [0.25, 0.3) is 0 Å². The van der Waals surface area contributed by atoms with Gasteiger partial charge in [0.2, 0.25) is 10.0 Å². The van der Waals surface area contributed by atoms with Gasteiger partial charge in [-0.15, -0.1) is 5.10 Å². The molecular weight excluding hydrogens is 448 g/mol. The van der Waals surface area contributed by atoms with E-state index in [1.807, 2.05) is 6.92 Å². The number of carboxylic acids is 1. The van der Waals surface area contributed by atoms with Crippen LogP contribution in [0.4, 0.5) is 0 Å². The number of aryl methyl sites for hydroxylation is 1. The van der Waals surface area contributed by atoms with Crippen LogP contribution < -0.4 is 9.46 Å². The van der Waals surface area contributed by atoms with Crippen LogP contribution >= 0.6 is 0 Å². The Bertz CT molecular complexity index is 1290. The van der Waals surface area contributed by atoms with E-state index in [9.17, 15) is 23.1 Å². The van der Waals surface area contributed by atoms with E-state index in [4.69, 9.17) is 4.74 Å². The Morgan fingerprint density at radius 1 is 1.30 bits per heavy atom. The number of hydrogen-bond donors (Lipinski definition) is 2. The Balaban J connectivity index is 1.53. The molecule has 2 heterocycles. The smallest absolute Gasteiger partial charge is 0.322 e. The van der Waals surface area contributed by atoms with Crippen molar-refractivity contribution in [3.05, 3.63) is 71.0 Å². The molecule has 1 aliphatic heterocycles. The highest BCUT2D eigenvalue weighted by Gasteiger charge is 2.28. The van der Waals surface area contributed by atoms with Crippen LogP contribution in [0.3, 0.4) is 0 Å². The highest BCUT2D eigenvalue weighted by Crippen LogP contribution is 2.34. The van der Waals surface area contributed by atoms with Crippen LogP contribution in [0, 0.1) is 6.92 Å². The van der Waals surface area contributed by atoms with E-state index in [1.165, 1.54) is 12.1 Å². The quantitative estimate of drug-likeness (QED) is 0.475. The zero-order valence-electron chi connectivity index (χ0n) is 17.7. The number of aromatic nitrogens is 3. The molecule has 1 aromatic heterocycles. The van der Waals surface area contributed by atoms with Gasteiger partial charge in [0.05, 0.1) is 23.2 Å². The third-order valence-electron chi connectivity index (χ3n) is 5.40. The second kappa shape index (κ2) is 9.12. The Labute approximate surface area is 190 Å². The summed E-state index contributed by atoms with van der Waals surface area (Å²) in [4.78, 5) is 22.8. The number of aliphatic carboxylic acids is 1. The van der Waals surface area contributed by atoms with Crippen molar-refractivity contribution in [2.75, 3.05) is 6.61 Å². The first-order valence-corrected chi connectivity index (χ1v) is 11.7. The van der Waals surface area contributed by atoms with Gasteiger partial charge in [-0.3, -0.25) is 9.59 Å². The maximum atomic E-state index is 12.6. The molecule has 0 radical (unpaired) electrons. The van der Waals surface area contributed by atoms with Crippen LogP contribution in [0.25, 0.3) is 0 Å². The fourth-order valence-electron chi connectivity index (χ4n) is 3.66. The zero-order chi connectivity index (χ0) is 23.6. The van der Waals surface area contributed by atoms with Crippen LogP contribution in [0.2, 0.25) is 0 Å². The van der Waals surface area contributed by atoms with Crippen molar-refractivity contribution in [2.24, 2.45) is 0 Å². The van der Waals surface area contributed by atoms with E-state index in [2.05, 4.69) is 15.0 Å². The fraction of sp³-hybridized carbons (Fsp3) is 0.273. The molecule has 0 aliphatic carbocycles. The van der Waals surface area contributed by atoms with E-state index in [0.717, 1.165) is 17.4 Å². The maximum absolute atomic E-state index is 12.6. The number of sulfonamides is 1. The molecule has 33 heavy (non-hydrogen) atoms. The first kappa shape index (κ1) is 22.6. The van der Waals surface area contributed by atoms with E-state index in [-0.39, 0.29) is 17.4 Å². The summed E-state index contributed by atoms with van der Waals surface area (Å²) in [6.45, 7) is 2.24. The molecule has 172 valence electrons. The highest BCUT2D eigenvalue weighted by atomic mass is 32.2. The number of fused-ring (bicyclic) bond motifs is 1. The van der Waals surface area contributed by atoms with Crippen LogP contribution in [0.15, 0.2) is 53.6 Å². The molecule has 2 atom stereocenters. The van der Waals surface area contributed by atoms with E-state index < -0.39 is 22.0 Å². The lowest BCUT2D eigenvalue weighted by Crippen LogP contribution is -2.42. The first-order chi connectivity index (χ1) is 15.8. The molecule has 1 aliphatic rings. The summed E-state index contributed by atoms with van der Waals surface area (Å²) in [6, 6.07) is 9.64.